The summed E-state index contributed by atoms with van der Waals surface area (Å²) < 4.78 is 5.30. The maximum atomic E-state index is 5.91. The van der Waals surface area contributed by atoms with Gasteiger partial charge in [-0.3, -0.25) is 0 Å². The maximum absolute atomic E-state index is 5.91. The summed E-state index contributed by atoms with van der Waals surface area (Å²) in [5.41, 5.74) is 8.52. The van der Waals surface area contributed by atoms with Crippen molar-refractivity contribution < 1.29 is 4.52 Å². The maximum Gasteiger partial charge on any atom is 0.258 e. The number of anilines is 1. The monoisotopic (exact) mass is 297 g/mol. The molecule has 1 aromatic heterocycles. The standard InChI is InChI=1S/C16H15N3OS/c1-11-7-8-12(9-14(11)17)16-18-15(19-20-16)10-21-13-5-3-2-4-6-13/h2-9H,10,17H2,1H3. The lowest BCUT2D eigenvalue weighted by molar-refractivity contribution is 0.425. The van der Waals surface area contributed by atoms with Crippen molar-refractivity contribution in [3.8, 4) is 11.5 Å². The molecule has 1 heterocycles. The molecule has 3 rings (SSSR count). The molecule has 0 aliphatic carbocycles. The van der Waals surface area contributed by atoms with Gasteiger partial charge in [0.2, 0.25) is 0 Å². The largest absolute Gasteiger partial charge is 0.398 e. The molecule has 0 aliphatic heterocycles. The predicted octanol–water partition coefficient (Wildman–Crippen LogP) is 3.92. The third-order valence-corrected chi connectivity index (χ3v) is 4.11. The molecule has 0 bridgehead atoms. The lowest BCUT2D eigenvalue weighted by atomic mass is 10.1. The van der Waals surface area contributed by atoms with E-state index in [1.165, 1.54) is 4.90 Å². The fourth-order valence-corrected chi connectivity index (χ4v) is 2.63. The zero-order valence-corrected chi connectivity index (χ0v) is 12.4. The quantitative estimate of drug-likeness (QED) is 0.584. The number of nitrogen functional groups attached to an aromatic ring is 1. The Morgan fingerprint density at radius 1 is 1.14 bits per heavy atom. The van der Waals surface area contributed by atoms with Crippen LogP contribution in [0.1, 0.15) is 11.4 Å². The molecule has 106 valence electrons. The van der Waals surface area contributed by atoms with Gasteiger partial charge in [-0.1, -0.05) is 29.4 Å². The first kappa shape index (κ1) is 13.7. The molecule has 3 aromatic rings. The Hall–Kier alpha value is -2.27. The Morgan fingerprint density at radius 2 is 1.95 bits per heavy atom. The summed E-state index contributed by atoms with van der Waals surface area (Å²) in [7, 11) is 0. The third kappa shape index (κ3) is 3.25. The number of aryl methyl sites for hydroxylation is 1. The highest BCUT2D eigenvalue weighted by molar-refractivity contribution is 7.98. The number of hydrogen-bond donors (Lipinski definition) is 1. The average Bonchev–Trinajstić information content (AvgIpc) is 2.98. The van der Waals surface area contributed by atoms with Crippen LogP contribution in [0.25, 0.3) is 11.5 Å². The van der Waals surface area contributed by atoms with Crippen molar-refractivity contribution in [2.45, 2.75) is 17.6 Å². The van der Waals surface area contributed by atoms with Crippen molar-refractivity contribution in [3.05, 3.63) is 59.9 Å². The molecule has 21 heavy (non-hydrogen) atoms. The number of nitrogens with two attached hydrogens (primary N) is 1. The van der Waals surface area contributed by atoms with Crippen LogP contribution in [-0.4, -0.2) is 10.1 Å². The van der Waals surface area contributed by atoms with Crippen LogP contribution in [-0.2, 0) is 5.75 Å². The van der Waals surface area contributed by atoms with Gasteiger partial charge in [-0.25, -0.2) is 0 Å². The molecular formula is C16H15N3OS. The van der Waals surface area contributed by atoms with Crippen molar-refractivity contribution in [1.29, 1.82) is 0 Å². The van der Waals surface area contributed by atoms with Gasteiger partial charge in [0.25, 0.3) is 5.89 Å². The molecule has 0 aliphatic rings. The Balaban J connectivity index is 1.72. The first-order chi connectivity index (χ1) is 10.2. The minimum absolute atomic E-state index is 0.505. The molecule has 0 amide bonds. The smallest absolute Gasteiger partial charge is 0.258 e. The summed E-state index contributed by atoms with van der Waals surface area (Å²) in [6.45, 7) is 1.97. The summed E-state index contributed by atoms with van der Waals surface area (Å²) in [6.07, 6.45) is 0. The molecule has 5 heteroatoms. The van der Waals surface area contributed by atoms with Gasteiger partial charge in [-0.15, -0.1) is 11.8 Å². The Morgan fingerprint density at radius 3 is 2.71 bits per heavy atom. The van der Waals surface area contributed by atoms with E-state index in [1.54, 1.807) is 11.8 Å². The lowest BCUT2D eigenvalue weighted by Gasteiger charge is -2.00. The van der Waals surface area contributed by atoms with Crippen LogP contribution in [0.2, 0.25) is 0 Å². The van der Waals surface area contributed by atoms with E-state index in [0.717, 1.165) is 16.8 Å². The number of hydrogen-bond acceptors (Lipinski definition) is 5. The summed E-state index contributed by atoms with van der Waals surface area (Å²) in [4.78, 5) is 5.60. The molecule has 2 N–H and O–H groups in total. The van der Waals surface area contributed by atoms with Crippen molar-refractivity contribution in [1.82, 2.24) is 10.1 Å². The molecule has 0 radical (unpaired) electrons. The van der Waals surface area contributed by atoms with Gasteiger partial charge >= 0.3 is 0 Å². The SMILES string of the molecule is Cc1ccc(-c2nc(CSc3ccccc3)no2)cc1N. The topological polar surface area (TPSA) is 64.9 Å². The van der Waals surface area contributed by atoms with E-state index in [4.69, 9.17) is 10.3 Å². The molecule has 0 fully saturated rings. The molecule has 0 saturated heterocycles. The van der Waals surface area contributed by atoms with E-state index in [2.05, 4.69) is 22.3 Å². The summed E-state index contributed by atoms with van der Waals surface area (Å²) in [5.74, 6) is 1.86. The van der Waals surface area contributed by atoms with Crippen LogP contribution >= 0.6 is 11.8 Å². The molecule has 4 nitrogen and oxygen atoms in total. The Kier molecular flexibility index (Phi) is 3.92. The number of nitrogens with zero attached hydrogens (tertiary/aromatic N) is 2. The zero-order chi connectivity index (χ0) is 14.7. The number of thioether (sulfide) groups is 1. The number of rotatable bonds is 4. The van der Waals surface area contributed by atoms with E-state index < -0.39 is 0 Å². The number of aromatic nitrogens is 2. The van der Waals surface area contributed by atoms with E-state index in [-0.39, 0.29) is 0 Å². The summed E-state index contributed by atoms with van der Waals surface area (Å²) in [5, 5.41) is 4.01. The van der Waals surface area contributed by atoms with E-state index in [9.17, 15) is 0 Å². The summed E-state index contributed by atoms with van der Waals surface area (Å²) >= 11 is 1.68. The van der Waals surface area contributed by atoms with Gasteiger partial charge in [0, 0.05) is 16.1 Å². The van der Waals surface area contributed by atoms with Crippen LogP contribution in [0.5, 0.6) is 0 Å². The highest BCUT2D eigenvalue weighted by Crippen LogP contribution is 2.25. The van der Waals surface area contributed by atoms with Crippen LogP contribution in [0.3, 0.4) is 0 Å². The van der Waals surface area contributed by atoms with Crippen LogP contribution in [0.15, 0.2) is 57.9 Å². The van der Waals surface area contributed by atoms with Crippen molar-refractivity contribution in [3.63, 3.8) is 0 Å². The second-order valence-electron chi connectivity index (χ2n) is 4.69. The zero-order valence-electron chi connectivity index (χ0n) is 11.6. The van der Waals surface area contributed by atoms with E-state index >= 15 is 0 Å². The second kappa shape index (κ2) is 6.01. The van der Waals surface area contributed by atoms with Gasteiger partial charge in [0.05, 0.1) is 5.75 Å². The average molecular weight is 297 g/mol. The van der Waals surface area contributed by atoms with Crippen molar-refractivity contribution in [2.75, 3.05) is 5.73 Å². The highest BCUT2D eigenvalue weighted by atomic mass is 32.2. The lowest BCUT2D eigenvalue weighted by Crippen LogP contribution is -1.90. The third-order valence-electron chi connectivity index (χ3n) is 3.11. The van der Waals surface area contributed by atoms with Crippen LogP contribution < -0.4 is 5.73 Å². The van der Waals surface area contributed by atoms with Crippen LogP contribution in [0.4, 0.5) is 5.69 Å². The Bertz CT molecular complexity index is 740. The number of benzene rings is 2. The first-order valence-electron chi connectivity index (χ1n) is 6.59. The molecule has 0 saturated carbocycles. The van der Waals surface area contributed by atoms with Gasteiger partial charge in [-0.2, -0.15) is 4.98 Å². The van der Waals surface area contributed by atoms with Gasteiger partial charge in [-0.05, 0) is 36.8 Å². The molecule has 0 unspecified atom stereocenters. The Labute approximate surface area is 127 Å². The molecule has 0 spiro atoms. The molecule has 0 atom stereocenters. The molecular weight excluding hydrogens is 282 g/mol. The van der Waals surface area contributed by atoms with Gasteiger partial charge in [0.15, 0.2) is 5.82 Å². The first-order valence-corrected chi connectivity index (χ1v) is 7.58. The fraction of sp³-hybridized carbons (Fsp3) is 0.125. The van der Waals surface area contributed by atoms with Gasteiger partial charge < -0.3 is 10.3 Å². The van der Waals surface area contributed by atoms with E-state index in [0.29, 0.717) is 17.5 Å². The van der Waals surface area contributed by atoms with Gasteiger partial charge in [0.1, 0.15) is 0 Å². The second-order valence-corrected chi connectivity index (χ2v) is 5.74. The van der Waals surface area contributed by atoms with E-state index in [1.807, 2.05) is 43.3 Å². The minimum Gasteiger partial charge on any atom is -0.398 e. The highest BCUT2D eigenvalue weighted by Gasteiger charge is 2.10. The normalized spacial score (nSPS) is 10.7. The minimum atomic E-state index is 0.505. The van der Waals surface area contributed by atoms with Crippen molar-refractivity contribution >= 4 is 17.4 Å². The molecule has 2 aromatic carbocycles. The van der Waals surface area contributed by atoms with Crippen molar-refractivity contribution in [2.24, 2.45) is 0 Å². The predicted molar refractivity (Wildman–Crippen MR) is 84.9 cm³/mol. The van der Waals surface area contributed by atoms with Crippen LogP contribution in [0, 0.1) is 6.92 Å². The fourth-order valence-electron chi connectivity index (χ4n) is 1.87. The summed E-state index contributed by atoms with van der Waals surface area (Å²) in [6, 6.07) is 15.9.